The number of ether oxygens (including phenoxy) is 3. The van der Waals surface area contributed by atoms with Crippen LogP contribution in [0.4, 0.5) is 0 Å². The van der Waals surface area contributed by atoms with Crippen molar-refractivity contribution in [3.05, 3.63) is 134 Å². The minimum Gasteiger partial charge on any atom is -0.503 e. The Morgan fingerprint density at radius 3 is 2.15 bits per heavy atom. The van der Waals surface area contributed by atoms with Crippen molar-refractivity contribution in [3.8, 4) is 62.4 Å². The van der Waals surface area contributed by atoms with Gasteiger partial charge in [-0.15, -0.1) is 58.5 Å². The maximum absolute atomic E-state index is 6.45. The molecule has 0 saturated heterocycles. The average Bonchev–Trinajstić information content (AvgIpc) is 3.11. The Labute approximate surface area is 281 Å². The fraction of sp³-hybridized carbons (Fsp3) is 0.0256. The van der Waals surface area contributed by atoms with Gasteiger partial charge in [0, 0.05) is 34.9 Å². The summed E-state index contributed by atoms with van der Waals surface area (Å²) in [4.78, 5) is 9.51. The minimum atomic E-state index is -0.198. The number of fused-ring (bicyclic) bond motifs is 5. The van der Waals surface area contributed by atoms with Gasteiger partial charge in [-0.1, -0.05) is 54.6 Å². The predicted octanol–water partition coefficient (Wildman–Crippen LogP) is 6.96. The number of rotatable bonds is 4. The number of hydrogen-bond donors (Lipinski definition) is 0. The first-order valence-corrected chi connectivity index (χ1v) is 14.8. The predicted molar refractivity (Wildman–Crippen MR) is 178 cm³/mol. The third-order valence-corrected chi connectivity index (χ3v) is 8.59. The van der Waals surface area contributed by atoms with Gasteiger partial charge in [0.25, 0.3) is 0 Å². The van der Waals surface area contributed by atoms with E-state index < -0.39 is 0 Å². The maximum Gasteiger partial charge on any atom is 2.00 e. The van der Waals surface area contributed by atoms with Crippen molar-refractivity contribution in [2.75, 3.05) is 7.11 Å². The molecule has 0 atom stereocenters. The fourth-order valence-electron chi connectivity index (χ4n) is 6.51. The quantitative estimate of drug-likeness (QED) is 0.143. The number of pyridine rings is 2. The van der Waals surface area contributed by atoms with E-state index in [2.05, 4.69) is 36.4 Å². The van der Waals surface area contributed by atoms with Crippen molar-refractivity contribution in [2.45, 2.75) is 0 Å². The molecule has 5 nitrogen and oxygen atoms in total. The molecule has 0 saturated carbocycles. The van der Waals surface area contributed by atoms with Gasteiger partial charge >= 0.3 is 21.1 Å². The normalized spacial score (nSPS) is 12.2. The maximum atomic E-state index is 6.45. The smallest absolute Gasteiger partial charge is 0.503 e. The topological polar surface area (TPSA) is 53.5 Å². The van der Waals surface area contributed by atoms with Crippen molar-refractivity contribution < 1.29 is 35.3 Å². The molecule has 0 radical (unpaired) electrons. The molecule has 0 fully saturated rings. The molecule has 220 valence electrons. The van der Waals surface area contributed by atoms with Gasteiger partial charge in [0.1, 0.15) is 17.2 Å². The van der Waals surface area contributed by atoms with Crippen LogP contribution in [0.15, 0.2) is 122 Å². The van der Waals surface area contributed by atoms with Gasteiger partial charge in [-0.25, -0.2) is 0 Å². The summed E-state index contributed by atoms with van der Waals surface area (Å²) in [7, 11) is 1.69. The second kappa shape index (κ2) is 11.3. The van der Waals surface area contributed by atoms with Crippen LogP contribution in [0.2, 0.25) is 0 Å². The van der Waals surface area contributed by atoms with Crippen LogP contribution in [0.1, 0.15) is 0 Å². The molecule has 0 bridgehead atoms. The molecule has 0 amide bonds. The van der Waals surface area contributed by atoms with Gasteiger partial charge in [-0.05, 0) is 58.1 Å². The van der Waals surface area contributed by atoms with Gasteiger partial charge in [-0.2, -0.15) is 0 Å². The van der Waals surface area contributed by atoms with Gasteiger partial charge in [-0.3, -0.25) is 0 Å². The largest absolute Gasteiger partial charge is 2.00 e. The number of hydrogen-bond acceptors (Lipinski definition) is 5. The molecular weight excluding hydrogens is 750 g/mol. The van der Waals surface area contributed by atoms with Crippen LogP contribution < -0.4 is 30.6 Å². The number of benzene rings is 5. The van der Waals surface area contributed by atoms with Crippen LogP contribution in [-0.4, -0.2) is 23.8 Å². The van der Waals surface area contributed by atoms with Crippen LogP contribution in [0.25, 0.3) is 44.4 Å². The second-order valence-electron chi connectivity index (χ2n) is 11.1. The number of aromatic nitrogens is 2. The molecule has 46 heavy (non-hydrogen) atoms. The van der Waals surface area contributed by atoms with Crippen LogP contribution in [0.5, 0.6) is 28.7 Å². The Kier molecular flexibility index (Phi) is 6.96. The molecular formula is C39H23BN2O3Pt. The Hall–Kier alpha value is -5.19. The molecule has 0 spiro atoms. The first-order chi connectivity index (χ1) is 22.2. The van der Waals surface area contributed by atoms with Gasteiger partial charge in [0.2, 0.25) is 6.71 Å². The summed E-state index contributed by atoms with van der Waals surface area (Å²) in [5.41, 5.74) is 8.32. The van der Waals surface area contributed by atoms with Crippen LogP contribution in [0, 0.1) is 12.1 Å². The third kappa shape index (κ3) is 4.52. The Morgan fingerprint density at radius 1 is 0.652 bits per heavy atom. The average molecular weight is 774 g/mol. The molecule has 7 heteroatoms. The zero-order valence-corrected chi connectivity index (χ0v) is 26.8. The minimum absolute atomic E-state index is 0. The summed E-state index contributed by atoms with van der Waals surface area (Å²) in [6.07, 6.45) is 3.68. The van der Waals surface area contributed by atoms with Gasteiger partial charge in [0.15, 0.2) is 0 Å². The van der Waals surface area contributed by atoms with E-state index in [4.69, 9.17) is 24.2 Å². The van der Waals surface area contributed by atoms with Crippen molar-refractivity contribution >= 4 is 33.9 Å². The SMILES string of the molecule is COc1ccccc1-c1ccnc(-c2[c-]c3c(cc2)Oc2cccc4c2B3c2[c-]c(-c3nccc5ccccc35)ccc2O4)c1.[Pt+2]. The molecule has 9 rings (SSSR count). The summed E-state index contributed by atoms with van der Waals surface area (Å²) in [5, 5.41) is 2.21. The van der Waals surface area contributed by atoms with Gasteiger partial charge in [0.05, 0.1) is 7.11 Å². The van der Waals surface area contributed by atoms with Crippen molar-refractivity contribution in [2.24, 2.45) is 0 Å². The zero-order chi connectivity index (χ0) is 29.9. The van der Waals surface area contributed by atoms with E-state index in [1.165, 1.54) is 0 Å². The Bertz CT molecular complexity index is 2290. The van der Waals surface area contributed by atoms with Crippen LogP contribution >= 0.6 is 0 Å². The van der Waals surface area contributed by atoms with Crippen LogP contribution in [-0.2, 0) is 21.1 Å². The van der Waals surface area contributed by atoms with Crippen molar-refractivity contribution in [1.82, 2.24) is 9.97 Å². The molecule has 0 unspecified atom stereocenters. The van der Waals surface area contributed by atoms with Crippen molar-refractivity contribution in [3.63, 3.8) is 0 Å². The number of nitrogens with zero attached hydrogens (tertiary/aromatic N) is 2. The van der Waals surface area contributed by atoms with E-state index in [0.717, 1.165) is 89.6 Å². The fourth-order valence-corrected chi connectivity index (χ4v) is 6.51. The van der Waals surface area contributed by atoms with Crippen LogP contribution in [0.3, 0.4) is 0 Å². The Balaban J connectivity index is 0.00000312. The number of para-hydroxylation sites is 1. The first-order valence-electron chi connectivity index (χ1n) is 14.8. The molecule has 7 aromatic rings. The molecule has 4 heterocycles. The molecule has 5 aromatic carbocycles. The molecule has 2 aliphatic heterocycles. The number of methoxy groups -OCH3 is 1. The van der Waals surface area contributed by atoms with E-state index >= 15 is 0 Å². The second-order valence-corrected chi connectivity index (χ2v) is 11.1. The van der Waals surface area contributed by atoms with E-state index in [0.29, 0.717) is 0 Å². The summed E-state index contributed by atoms with van der Waals surface area (Å²) in [5.74, 6) is 3.87. The monoisotopic (exact) mass is 773 g/mol. The molecule has 2 aliphatic rings. The first kappa shape index (κ1) is 28.3. The summed E-state index contributed by atoms with van der Waals surface area (Å²) >= 11 is 0. The molecule has 0 N–H and O–H groups in total. The van der Waals surface area contributed by atoms with E-state index in [-0.39, 0.29) is 27.8 Å². The zero-order valence-electron chi connectivity index (χ0n) is 24.6. The Morgan fingerprint density at radius 2 is 1.35 bits per heavy atom. The summed E-state index contributed by atoms with van der Waals surface area (Å²) in [6.45, 7) is -0.198. The van der Waals surface area contributed by atoms with E-state index in [1.807, 2.05) is 97.3 Å². The standard InChI is InChI=1S/C39H23BN2O3.Pt/c1-43-33-10-5-4-8-28(33)25-18-19-41-32(23-25)26-13-15-34-30(21-26)40-31-22-27(39-29-9-3-2-7-24(29)17-20-42-39)14-16-35(31)45-37-12-6-11-36(44-34)38(37)40;/h2-20,23H,1H3;/q-2;+2. The third-order valence-electron chi connectivity index (χ3n) is 8.59. The van der Waals surface area contributed by atoms with E-state index in [9.17, 15) is 0 Å². The summed E-state index contributed by atoms with van der Waals surface area (Å²) in [6, 6.07) is 43.9. The molecule has 0 aliphatic carbocycles. The van der Waals surface area contributed by atoms with Gasteiger partial charge < -0.3 is 24.2 Å². The van der Waals surface area contributed by atoms with E-state index in [1.54, 1.807) is 7.11 Å². The molecule has 2 aromatic heterocycles. The summed E-state index contributed by atoms with van der Waals surface area (Å²) < 4.78 is 18.5. The van der Waals surface area contributed by atoms with Crippen molar-refractivity contribution in [1.29, 1.82) is 0 Å².